The van der Waals surface area contributed by atoms with Crippen LogP contribution in [-0.2, 0) is 17.5 Å². The van der Waals surface area contributed by atoms with Crippen LogP contribution >= 0.6 is 0 Å². The summed E-state index contributed by atoms with van der Waals surface area (Å²) in [6.07, 6.45) is 1.84. The van der Waals surface area contributed by atoms with Gasteiger partial charge >= 0.3 is 6.18 Å². The minimum Gasteiger partial charge on any atom is -0.484 e. The van der Waals surface area contributed by atoms with Crippen molar-refractivity contribution in [1.29, 1.82) is 0 Å². The number of carbonyl (C=O) groups excluding carboxylic acids is 1. The quantitative estimate of drug-likeness (QED) is 0.768. The highest BCUT2D eigenvalue weighted by Gasteiger charge is 2.30. The molecule has 0 aliphatic heterocycles. The van der Waals surface area contributed by atoms with Crippen LogP contribution in [0.25, 0.3) is 0 Å². The van der Waals surface area contributed by atoms with Gasteiger partial charge in [-0.25, -0.2) is 4.98 Å². The van der Waals surface area contributed by atoms with E-state index >= 15 is 0 Å². The Morgan fingerprint density at radius 2 is 1.96 bits per heavy atom. The summed E-state index contributed by atoms with van der Waals surface area (Å²) >= 11 is 0. The number of rotatable bonds is 7. The van der Waals surface area contributed by atoms with Crippen LogP contribution in [0.15, 0.2) is 42.6 Å². The van der Waals surface area contributed by atoms with Gasteiger partial charge in [0.05, 0.1) is 5.56 Å². The molecule has 1 aromatic heterocycles. The van der Waals surface area contributed by atoms with Gasteiger partial charge in [0.15, 0.2) is 6.61 Å². The van der Waals surface area contributed by atoms with Gasteiger partial charge in [-0.15, -0.1) is 0 Å². The minimum atomic E-state index is -4.46. The zero-order valence-electron chi connectivity index (χ0n) is 15.2. The highest BCUT2D eigenvalue weighted by Crippen LogP contribution is 2.31. The Balaban J connectivity index is 1.43. The zero-order chi connectivity index (χ0) is 20.0. The van der Waals surface area contributed by atoms with Crippen molar-refractivity contribution in [3.63, 3.8) is 0 Å². The van der Waals surface area contributed by atoms with Crippen LogP contribution in [0, 0.1) is 0 Å². The number of carbonyl (C=O) groups is 1. The van der Waals surface area contributed by atoms with Gasteiger partial charge in [-0.1, -0.05) is 12.1 Å². The second kappa shape index (κ2) is 8.95. The lowest BCUT2D eigenvalue weighted by Gasteiger charge is -2.12. The molecule has 0 radical (unpaired) electrons. The summed E-state index contributed by atoms with van der Waals surface area (Å²) in [5, 5.41) is 2.64. The van der Waals surface area contributed by atoms with E-state index in [9.17, 15) is 18.0 Å². The third-order valence-corrected chi connectivity index (χ3v) is 4.41. The van der Waals surface area contributed by atoms with Crippen LogP contribution in [0.2, 0.25) is 0 Å². The van der Waals surface area contributed by atoms with E-state index in [-0.39, 0.29) is 25.0 Å². The monoisotopic (exact) mass is 394 g/mol. The standard InChI is InChI=1S/C20H21F3N2O3/c21-20(22,23)15-4-3-7-17(10-15)27-13-18(26)24-11-14-8-9-19(25-12-14)28-16-5-1-2-6-16/h3-4,7-10,12,16H,1-2,5-6,11,13H2,(H,24,26). The van der Waals surface area contributed by atoms with Gasteiger partial charge in [0.25, 0.3) is 5.91 Å². The third kappa shape index (κ3) is 5.87. The fourth-order valence-electron chi connectivity index (χ4n) is 2.92. The summed E-state index contributed by atoms with van der Waals surface area (Å²) < 4.78 is 48.9. The molecular formula is C20H21F3N2O3. The van der Waals surface area contributed by atoms with E-state index in [0.717, 1.165) is 30.5 Å². The van der Waals surface area contributed by atoms with Crippen molar-refractivity contribution in [2.75, 3.05) is 6.61 Å². The SMILES string of the molecule is O=C(COc1cccc(C(F)(F)F)c1)NCc1ccc(OC2CCCC2)nc1. The van der Waals surface area contributed by atoms with Crippen LogP contribution < -0.4 is 14.8 Å². The Hall–Kier alpha value is -2.77. The number of alkyl halides is 3. The predicted octanol–water partition coefficient (Wildman–Crippen LogP) is 4.12. The second-order valence-electron chi connectivity index (χ2n) is 6.62. The molecule has 1 saturated carbocycles. The topological polar surface area (TPSA) is 60.5 Å². The summed E-state index contributed by atoms with van der Waals surface area (Å²) in [7, 11) is 0. The molecule has 0 spiro atoms. The second-order valence-corrected chi connectivity index (χ2v) is 6.62. The van der Waals surface area contributed by atoms with Crippen molar-refractivity contribution < 1.29 is 27.4 Å². The van der Waals surface area contributed by atoms with Crippen molar-refractivity contribution in [2.24, 2.45) is 0 Å². The molecule has 1 fully saturated rings. The van der Waals surface area contributed by atoms with E-state index in [4.69, 9.17) is 9.47 Å². The van der Waals surface area contributed by atoms with Crippen LogP contribution in [0.5, 0.6) is 11.6 Å². The molecule has 1 amide bonds. The molecule has 2 aromatic rings. The molecule has 0 unspecified atom stereocenters. The molecule has 150 valence electrons. The van der Waals surface area contributed by atoms with Crippen LogP contribution in [0.3, 0.4) is 0 Å². The van der Waals surface area contributed by atoms with Crippen LogP contribution in [0.1, 0.15) is 36.8 Å². The Morgan fingerprint density at radius 1 is 1.18 bits per heavy atom. The average molecular weight is 394 g/mol. The highest BCUT2D eigenvalue weighted by molar-refractivity contribution is 5.77. The molecule has 0 atom stereocenters. The van der Waals surface area contributed by atoms with Crippen molar-refractivity contribution in [3.05, 3.63) is 53.7 Å². The van der Waals surface area contributed by atoms with Gasteiger partial charge in [0.1, 0.15) is 11.9 Å². The van der Waals surface area contributed by atoms with Crippen LogP contribution in [0.4, 0.5) is 13.2 Å². The maximum atomic E-state index is 12.7. The number of amides is 1. The first-order valence-corrected chi connectivity index (χ1v) is 9.08. The maximum Gasteiger partial charge on any atom is 0.416 e. The van der Waals surface area contributed by atoms with Gasteiger partial charge in [-0.05, 0) is 49.4 Å². The number of benzene rings is 1. The van der Waals surface area contributed by atoms with Crippen molar-refractivity contribution >= 4 is 5.91 Å². The molecule has 8 heteroatoms. The number of hydrogen-bond donors (Lipinski definition) is 1. The van der Waals surface area contributed by atoms with E-state index in [1.807, 2.05) is 6.07 Å². The van der Waals surface area contributed by atoms with Gasteiger partial charge in [-0.3, -0.25) is 4.79 Å². The van der Waals surface area contributed by atoms with Gasteiger partial charge in [0, 0.05) is 18.8 Å². The summed E-state index contributed by atoms with van der Waals surface area (Å²) in [5.41, 5.74) is -0.0393. The fourth-order valence-corrected chi connectivity index (χ4v) is 2.92. The average Bonchev–Trinajstić information content (AvgIpc) is 3.18. The first kappa shape index (κ1) is 20.0. The van der Waals surface area contributed by atoms with Gasteiger partial charge in [-0.2, -0.15) is 13.2 Å². The molecular weight excluding hydrogens is 373 g/mol. The molecule has 5 nitrogen and oxygen atoms in total. The third-order valence-electron chi connectivity index (χ3n) is 4.41. The number of pyridine rings is 1. The number of hydrogen-bond acceptors (Lipinski definition) is 4. The minimum absolute atomic E-state index is 0.0138. The highest BCUT2D eigenvalue weighted by atomic mass is 19.4. The van der Waals surface area contributed by atoms with Crippen molar-refractivity contribution in [1.82, 2.24) is 10.3 Å². The first-order chi connectivity index (χ1) is 13.4. The van der Waals surface area contributed by atoms with E-state index in [0.29, 0.717) is 5.88 Å². The Labute approximate surface area is 160 Å². The predicted molar refractivity (Wildman–Crippen MR) is 95.9 cm³/mol. The summed E-state index contributed by atoms with van der Waals surface area (Å²) in [5.74, 6) is 0.110. The Morgan fingerprint density at radius 3 is 2.64 bits per heavy atom. The fraction of sp³-hybridized carbons (Fsp3) is 0.400. The lowest BCUT2D eigenvalue weighted by Crippen LogP contribution is -2.28. The molecule has 1 heterocycles. The summed E-state index contributed by atoms with van der Waals surface area (Å²) in [4.78, 5) is 16.1. The molecule has 3 rings (SSSR count). The molecule has 0 bridgehead atoms. The molecule has 1 N–H and O–H groups in total. The van der Waals surface area contributed by atoms with Gasteiger partial charge < -0.3 is 14.8 Å². The Bertz CT molecular complexity index is 788. The number of aromatic nitrogens is 1. The molecule has 1 aromatic carbocycles. The lowest BCUT2D eigenvalue weighted by atomic mass is 10.2. The first-order valence-electron chi connectivity index (χ1n) is 9.08. The number of nitrogens with one attached hydrogen (secondary N) is 1. The van der Waals surface area contributed by atoms with E-state index in [2.05, 4.69) is 10.3 Å². The molecule has 28 heavy (non-hydrogen) atoms. The maximum absolute atomic E-state index is 12.7. The number of halogens is 3. The van der Waals surface area contributed by atoms with Crippen molar-refractivity contribution in [2.45, 2.75) is 44.5 Å². The molecule has 1 aliphatic rings. The summed E-state index contributed by atoms with van der Waals surface area (Å²) in [6, 6.07) is 7.98. The van der Waals surface area contributed by atoms with E-state index < -0.39 is 17.6 Å². The summed E-state index contributed by atoms with van der Waals surface area (Å²) in [6.45, 7) is -0.140. The van der Waals surface area contributed by atoms with Gasteiger partial charge in [0.2, 0.25) is 5.88 Å². The van der Waals surface area contributed by atoms with Crippen LogP contribution in [-0.4, -0.2) is 23.6 Å². The number of nitrogens with zero attached hydrogens (tertiary/aromatic N) is 1. The molecule has 1 aliphatic carbocycles. The smallest absolute Gasteiger partial charge is 0.416 e. The number of ether oxygens (including phenoxy) is 2. The Kier molecular flexibility index (Phi) is 6.38. The molecule has 0 saturated heterocycles. The van der Waals surface area contributed by atoms with E-state index in [1.165, 1.54) is 25.0 Å². The largest absolute Gasteiger partial charge is 0.484 e. The zero-order valence-corrected chi connectivity index (χ0v) is 15.2. The van der Waals surface area contributed by atoms with E-state index in [1.54, 1.807) is 12.3 Å². The lowest BCUT2D eigenvalue weighted by molar-refractivity contribution is -0.137. The van der Waals surface area contributed by atoms with Crippen molar-refractivity contribution in [3.8, 4) is 11.6 Å². The normalized spacial score (nSPS) is 14.7.